The number of hydrogen-bond acceptors (Lipinski definition) is 18. The zero-order valence-corrected chi connectivity index (χ0v) is 23.6. The standard InChI is InChI=1S/C24H41NO19/c1-7(28)14(33)18(37)20(11(32)5-27)43-22-19(38)17(36)16(35)12(42-22)6-41-24(23(39)40)3-9(30)13(25-8(2)29)21(44-24)15(34)10(31)4-26/h9-22,26-27,30-38H,3-6H2,1-2H3,(H,25,29)(H,39,40)/t9-,10+,11+,12+,13+,14-,15+,16-,17-,18+,19+,20+,21+,22-,24+/m0/s1. The molecule has 0 aliphatic carbocycles. The van der Waals surface area contributed by atoms with Crippen LogP contribution < -0.4 is 5.32 Å². The first-order valence-electron chi connectivity index (χ1n) is 13.4. The number of amides is 1. The minimum absolute atomic E-state index is 0.736. The van der Waals surface area contributed by atoms with E-state index < -0.39 is 135 Å². The van der Waals surface area contributed by atoms with Crippen molar-refractivity contribution in [1.29, 1.82) is 0 Å². The summed E-state index contributed by atoms with van der Waals surface area (Å²) in [5.74, 6) is -6.47. The SMILES string of the molecule is CC(=O)N[C@H]1[C@H]([C@H](O)[C@H](O)CO)O[C@@](OC[C@H]2O[C@@H](O[C@@H]([C@H](O)[C@@H](O)C(C)=O)[C@H](O)CO)[C@H](O)[C@@H](O)[C@H]2O)(C(=O)O)C[C@@H]1O. The predicted molar refractivity (Wildman–Crippen MR) is 136 cm³/mol. The number of rotatable bonds is 15. The largest absolute Gasteiger partial charge is 0.477 e. The van der Waals surface area contributed by atoms with E-state index in [1.54, 1.807) is 0 Å². The van der Waals surface area contributed by atoms with Crippen molar-refractivity contribution in [3.63, 3.8) is 0 Å². The van der Waals surface area contributed by atoms with Crippen LogP contribution in [-0.2, 0) is 33.3 Å². The van der Waals surface area contributed by atoms with Gasteiger partial charge in [0.15, 0.2) is 12.1 Å². The number of carboxylic acids is 1. The van der Waals surface area contributed by atoms with Crippen LogP contribution in [0.1, 0.15) is 20.3 Å². The van der Waals surface area contributed by atoms with E-state index in [1.165, 1.54) is 0 Å². The summed E-state index contributed by atoms with van der Waals surface area (Å²) in [4.78, 5) is 35.5. The third-order valence-corrected chi connectivity index (χ3v) is 7.27. The van der Waals surface area contributed by atoms with Gasteiger partial charge in [0, 0.05) is 13.3 Å². The van der Waals surface area contributed by atoms with Gasteiger partial charge < -0.3 is 85.5 Å². The number of ketones is 1. The smallest absolute Gasteiger partial charge is 0.364 e. The lowest BCUT2D eigenvalue weighted by molar-refractivity contribution is -0.348. The second-order valence-electron chi connectivity index (χ2n) is 10.6. The molecule has 0 spiro atoms. The molecular weight excluding hydrogens is 606 g/mol. The first kappa shape index (κ1) is 38.2. The molecule has 0 unspecified atom stereocenters. The molecule has 2 fully saturated rings. The Labute approximate surface area is 249 Å². The molecule has 0 bridgehead atoms. The van der Waals surface area contributed by atoms with Crippen molar-refractivity contribution in [1.82, 2.24) is 5.32 Å². The summed E-state index contributed by atoms with van der Waals surface area (Å²) in [6.45, 7) is -1.20. The second kappa shape index (κ2) is 16.0. The van der Waals surface area contributed by atoms with Crippen molar-refractivity contribution in [2.24, 2.45) is 0 Å². The first-order valence-corrected chi connectivity index (χ1v) is 13.4. The quantitative estimate of drug-likeness (QED) is 0.0784. The highest BCUT2D eigenvalue weighted by molar-refractivity contribution is 5.80. The van der Waals surface area contributed by atoms with Gasteiger partial charge in [-0.2, -0.15) is 0 Å². The van der Waals surface area contributed by atoms with Gasteiger partial charge >= 0.3 is 5.97 Å². The number of carboxylic acid groups (broad SMARTS) is 1. The molecule has 2 aliphatic rings. The van der Waals surface area contributed by atoms with E-state index in [0.29, 0.717) is 0 Å². The van der Waals surface area contributed by atoms with E-state index in [-0.39, 0.29) is 0 Å². The summed E-state index contributed by atoms with van der Waals surface area (Å²) in [7, 11) is 0. The van der Waals surface area contributed by atoms with Crippen LogP contribution in [0.5, 0.6) is 0 Å². The Kier molecular flexibility index (Phi) is 13.9. The lowest BCUT2D eigenvalue weighted by Crippen LogP contribution is -2.68. The van der Waals surface area contributed by atoms with E-state index in [9.17, 15) is 75.7 Å². The molecule has 15 atom stereocenters. The predicted octanol–water partition coefficient (Wildman–Crippen LogP) is -7.99. The number of aliphatic hydroxyl groups is 11. The van der Waals surface area contributed by atoms with Gasteiger partial charge in [-0.05, 0) is 6.92 Å². The fourth-order valence-corrected chi connectivity index (χ4v) is 4.74. The number of aliphatic carboxylic acids is 1. The van der Waals surface area contributed by atoms with Crippen LogP contribution in [0.4, 0.5) is 0 Å². The number of carbonyl (C=O) groups excluding carboxylic acids is 2. The van der Waals surface area contributed by atoms with Gasteiger partial charge in [0.25, 0.3) is 5.79 Å². The fraction of sp³-hybridized carbons (Fsp3) is 0.875. The highest BCUT2D eigenvalue weighted by Gasteiger charge is 2.57. The molecule has 2 saturated heterocycles. The Hall–Kier alpha value is -1.99. The van der Waals surface area contributed by atoms with Gasteiger partial charge in [-0.25, -0.2) is 4.79 Å². The fourth-order valence-electron chi connectivity index (χ4n) is 4.74. The van der Waals surface area contributed by atoms with Crippen LogP contribution in [0.2, 0.25) is 0 Å². The summed E-state index contributed by atoms with van der Waals surface area (Å²) >= 11 is 0. The molecule has 2 aliphatic heterocycles. The number of carbonyl (C=O) groups is 3. The average molecular weight is 648 g/mol. The van der Waals surface area contributed by atoms with E-state index in [2.05, 4.69) is 5.32 Å². The zero-order valence-electron chi connectivity index (χ0n) is 23.6. The molecule has 0 saturated carbocycles. The first-order chi connectivity index (χ1) is 20.4. The van der Waals surface area contributed by atoms with Crippen LogP contribution in [0.25, 0.3) is 0 Å². The topological polar surface area (TPSA) is 343 Å². The summed E-state index contributed by atoms with van der Waals surface area (Å²) in [6.07, 6.45) is -27.0. The molecule has 0 radical (unpaired) electrons. The molecule has 1 amide bonds. The number of ether oxygens (including phenoxy) is 4. The van der Waals surface area contributed by atoms with Crippen molar-refractivity contribution in [3.8, 4) is 0 Å². The molecule has 2 heterocycles. The molecule has 20 heteroatoms. The number of nitrogens with one attached hydrogen (secondary N) is 1. The van der Waals surface area contributed by atoms with E-state index in [1.807, 2.05) is 0 Å². The monoisotopic (exact) mass is 647 g/mol. The molecule has 0 aromatic rings. The zero-order chi connectivity index (χ0) is 33.7. The highest BCUT2D eigenvalue weighted by Crippen LogP contribution is 2.35. The molecule has 44 heavy (non-hydrogen) atoms. The maximum Gasteiger partial charge on any atom is 0.364 e. The van der Waals surface area contributed by atoms with Crippen molar-refractivity contribution >= 4 is 17.7 Å². The molecule has 0 aromatic carbocycles. The minimum atomic E-state index is -2.87. The van der Waals surface area contributed by atoms with Crippen LogP contribution in [0.3, 0.4) is 0 Å². The summed E-state index contributed by atoms with van der Waals surface area (Å²) in [5, 5.41) is 124. The third kappa shape index (κ3) is 8.63. The molecule has 20 nitrogen and oxygen atoms in total. The Morgan fingerprint density at radius 3 is 2.02 bits per heavy atom. The maximum absolute atomic E-state index is 12.4. The van der Waals surface area contributed by atoms with Gasteiger partial charge in [-0.3, -0.25) is 9.59 Å². The lowest BCUT2D eigenvalue weighted by atomic mass is 9.88. The van der Waals surface area contributed by atoms with Gasteiger partial charge in [0.1, 0.15) is 67.1 Å². The lowest BCUT2D eigenvalue weighted by Gasteiger charge is -2.47. The van der Waals surface area contributed by atoms with E-state index in [4.69, 9.17) is 18.9 Å². The van der Waals surface area contributed by atoms with Crippen LogP contribution in [0.15, 0.2) is 0 Å². The van der Waals surface area contributed by atoms with Crippen LogP contribution in [-0.4, -0.2) is 190 Å². The number of hydrogen-bond donors (Lipinski definition) is 13. The molecular formula is C24H41NO19. The number of aliphatic hydroxyl groups excluding tert-OH is 11. The average Bonchev–Trinajstić information content (AvgIpc) is 2.97. The third-order valence-electron chi connectivity index (χ3n) is 7.27. The number of Topliss-reactive ketones (excluding diaryl/α,β-unsaturated/α-hetero) is 1. The van der Waals surface area contributed by atoms with Crippen LogP contribution in [0, 0.1) is 0 Å². The van der Waals surface area contributed by atoms with Crippen molar-refractivity contribution < 1.29 is 94.6 Å². The highest BCUT2D eigenvalue weighted by atomic mass is 16.7. The molecule has 13 N–H and O–H groups in total. The summed E-state index contributed by atoms with van der Waals surface area (Å²) in [5.41, 5.74) is 0. The minimum Gasteiger partial charge on any atom is -0.477 e. The van der Waals surface area contributed by atoms with Crippen LogP contribution >= 0.6 is 0 Å². The molecule has 0 aromatic heterocycles. The maximum atomic E-state index is 12.4. The Bertz CT molecular complexity index is 972. The van der Waals surface area contributed by atoms with Gasteiger partial charge in [-0.15, -0.1) is 0 Å². The summed E-state index contributed by atoms with van der Waals surface area (Å²) < 4.78 is 21.5. The van der Waals surface area contributed by atoms with E-state index in [0.717, 1.165) is 13.8 Å². The molecule has 256 valence electrons. The van der Waals surface area contributed by atoms with Crippen molar-refractivity contribution in [2.45, 2.75) is 112 Å². The summed E-state index contributed by atoms with van der Waals surface area (Å²) in [6, 6.07) is -1.50. The van der Waals surface area contributed by atoms with Gasteiger partial charge in [0.05, 0.1) is 32.0 Å². The van der Waals surface area contributed by atoms with E-state index >= 15 is 0 Å². The molecule has 2 rings (SSSR count). The Morgan fingerprint density at radius 1 is 0.932 bits per heavy atom. The normalized spacial score (nSPS) is 36.8. The van der Waals surface area contributed by atoms with Gasteiger partial charge in [0.2, 0.25) is 5.91 Å². The Balaban J connectivity index is 2.33. The van der Waals surface area contributed by atoms with Gasteiger partial charge in [-0.1, -0.05) is 0 Å². The van der Waals surface area contributed by atoms with Crippen molar-refractivity contribution in [2.75, 3.05) is 19.8 Å². The second-order valence-corrected chi connectivity index (χ2v) is 10.6. The Morgan fingerprint density at radius 2 is 1.52 bits per heavy atom. The van der Waals surface area contributed by atoms with Crippen molar-refractivity contribution in [3.05, 3.63) is 0 Å².